The number of rotatable bonds is 3. The highest BCUT2D eigenvalue weighted by Gasteiger charge is 2.06. The number of benzene rings is 2. The second-order valence-corrected chi connectivity index (χ2v) is 3.71. The number of nitrogens with zero attached hydrogens (tertiary/aromatic N) is 1. The number of hydrogen-bond acceptors (Lipinski definition) is 1. The Labute approximate surface area is 95.1 Å². The van der Waals surface area contributed by atoms with Crippen LogP contribution in [0.2, 0.25) is 0 Å². The topological polar surface area (TPSA) is 3.24 Å². The lowest BCUT2D eigenvalue weighted by Crippen LogP contribution is -2.17. The molecule has 0 spiro atoms. The van der Waals surface area contributed by atoms with Gasteiger partial charge in [0, 0.05) is 19.7 Å². The summed E-state index contributed by atoms with van der Waals surface area (Å²) < 4.78 is 13.4. The average Bonchev–Trinajstić information content (AvgIpc) is 2.31. The molecule has 0 amide bonds. The lowest BCUT2D eigenvalue weighted by molar-refractivity contribution is 0.620. The first-order valence-corrected chi connectivity index (χ1v) is 5.18. The fourth-order valence-corrected chi connectivity index (χ4v) is 1.64. The van der Waals surface area contributed by atoms with Crippen LogP contribution in [0.4, 0.5) is 10.1 Å². The van der Waals surface area contributed by atoms with Crippen LogP contribution in [0.1, 0.15) is 5.56 Å². The van der Waals surface area contributed by atoms with Gasteiger partial charge in [-0.25, -0.2) is 4.39 Å². The Morgan fingerprint density at radius 3 is 2.56 bits per heavy atom. The van der Waals surface area contributed by atoms with Gasteiger partial charge in [0.05, 0.1) is 5.69 Å². The maximum atomic E-state index is 13.4. The van der Waals surface area contributed by atoms with E-state index >= 15 is 0 Å². The molecule has 1 nitrogen and oxygen atoms in total. The van der Waals surface area contributed by atoms with Crippen molar-refractivity contribution in [2.45, 2.75) is 6.54 Å². The molecule has 0 heterocycles. The van der Waals surface area contributed by atoms with Crippen LogP contribution in [-0.2, 0) is 6.54 Å². The van der Waals surface area contributed by atoms with Crippen LogP contribution in [-0.4, -0.2) is 7.05 Å². The van der Waals surface area contributed by atoms with E-state index in [0.29, 0.717) is 12.2 Å². The highest BCUT2D eigenvalue weighted by atomic mass is 19.1. The number of halogens is 1. The summed E-state index contributed by atoms with van der Waals surface area (Å²) in [6.07, 6.45) is 0. The molecule has 0 aliphatic rings. The molecule has 0 aliphatic carbocycles. The third kappa shape index (κ3) is 2.40. The lowest BCUT2D eigenvalue weighted by atomic mass is 10.2. The molecule has 0 saturated heterocycles. The zero-order chi connectivity index (χ0) is 11.4. The smallest absolute Gasteiger partial charge is 0.154 e. The standard InChI is InChI=1S/C14H13FN/c1-16(11-12-7-3-2-4-8-12)14-10-6-5-9-13(14)15/h2-8,10H,11H2,1H3. The minimum Gasteiger partial charge on any atom is -0.368 e. The minimum atomic E-state index is -0.305. The van der Waals surface area contributed by atoms with E-state index < -0.39 is 0 Å². The van der Waals surface area contributed by atoms with Crippen LogP contribution in [0.5, 0.6) is 0 Å². The molecular formula is C14H13FN. The van der Waals surface area contributed by atoms with Crippen molar-refractivity contribution in [1.29, 1.82) is 0 Å². The van der Waals surface area contributed by atoms with Gasteiger partial charge in [-0.2, -0.15) is 0 Å². The zero-order valence-corrected chi connectivity index (χ0v) is 9.15. The van der Waals surface area contributed by atoms with Crippen molar-refractivity contribution in [2.75, 3.05) is 11.9 Å². The van der Waals surface area contributed by atoms with Gasteiger partial charge in [0.2, 0.25) is 0 Å². The molecular weight excluding hydrogens is 201 g/mol. The van der Waals surface area contributed by atoms with E-state index in [2.05, 4.69) is 6.07 Å². The van der Waals surface area contributed by atoms with Gasteiger partial charge in [0.25, 0.3) is 0 Å². The summed E-state index contributed by atoms with van der Waals surface area (Å²) in [4.78, 5) is 1.88. The van der Waals surface area contributed by atoms with E-state index in [4.69, 9.17) is 0 Å². The Morgan fingerprint density at radius 2 is 1.88 bits per heavy atom. The summed E-state index contributed by atoms with van der Waals surface area (Å²) in [6.45, 7) is 0.690. The van der Waals surface area contributed by atoms with Crippen molar-refractivity contribution in [3.63, 3.8) is 0 Å². The van der Waals surface area contributed by atoms with Gasteiger partial charge in [-0.3, -0.25) is 0 Å². The Kier molecular flexibility index (Phi) is 3.20. The van der Waals surface area contributed by atoms with Crippen LogP contribution in [0.25, 0.3) is 0 Å². The number of anilines is 1. The molecule has 16 heavy (non-hydrogen) atoms. The van der Waals surface area contributed by atoms with Gasteiger partial charge in [0.15, 0.2) is 5.82 Å². The van der Waals surface area contributed by atoms with Crippen molar-refractivity contribution in [1.82, 2.24) is 0 Å². The molecule has 1 radical (unpaired) electrons. The highest BCUT2D eigenvalue weighted by molar-refractivity contribution is 5.46. The van der Waals surface area contributed by atoms with E-state index in [9.17, 15) is 4.39 Å². The summed E-state index contributed by atoms with van der Waals surface area (Å²) in [5, 5.41) is 0. The lowest BCUT2D eigenvalue weighted by Gasteiger charge is -2.19. The summed E-state index contributed by atoms with van der Waals surface area (Å²) in [7, 11) is 1.87. The molecule has 0 unspecified atom stereocenters. The van der Waals surface area contributed by atoms with Gasteiger partial charge in [-0.05, 0) is 11.6 Å². The van der Waals surface area contributed by atoms with Gasteiger partial charge < -0.3 is 4.90 Å². The van der Waals surface area contributed by atoms with Crippen molar-refractivity contribution >= 4 is 5.69 Å². The van der Waals surface area contributed by atoms with Crippen LogP contribution in [0, 0.1) is 11.9 Å². The SMILES string of the molecule is CN(Cc1ccccc1)c1ccc[c]c1F. The van der Waals surface area contributed by atoms with Gasteiger partial charge in [-0.1, -0.05) is 42.5 Å². The molecule has 0 aromatic heterocycles. The van der Waals surface area contributed by atoms with Crippen LogP contribution in [0.15, 0.2) is 48.5 Å². The van der Waals surface area contributed by atoms with Crippen molar-refractivity contribution in [3.8, 4) is 0 Å². The second-order valence-electron chi connectivity index (χ2n) is 3.71. The Morgan fingerprint density at radius 1 is 1.12 bits per heavy atom. The molecule has 2 aromatic rings. The Balaban J connectivity index is 2.15. The second kappa shape index (κ2) is 4.79. The maximum absolute atomic E-state index is 13.4. The largest absolute Gasteiger partial charge is 0.368 e. The average molecular weight is 214 g/mol. The van der Waals surface area contributed by atoms with Crippen LogP contribution in [0.3, 0.4) is 0 Å². The maximum Gasteiger partial charge on any atom is 0.154 e. The van der Waals surface area contributed by atoms with E-state index in [1.165, 1.54) is 0 Å². The summed E-state index contributed by atoms with van der Waals surface area (Å²) in [5.74, 6) is -0.305. The molecule has 0 N–H and O–H groups in total. The third-order valence-electron chi connectivity index (χ3n) is 2.46. The molecule has 2 heteroatoms. The molecule has 81 valence electrons. The monoisotopic (exact) mass is 214 g/mol. The summed E-state index contributed by atoms with van der Waals surface area (Å²) >= 11 is 0. The van der Waals surface area contributed by atoms with Crippen molar-refractivity contribution in [2.24, 2.45) is 0 Å². The predicted octanol–water partition coefficient (Wildman–Crippen LogP) is 3.26. The van der Waals surface area contributed by atoms with Gasteiger partial charge in [-0.15, -0.1) is 0 Å². The van der Waals surface area contributed by atoms with Crippen molar-refractivity contribution in [3.05, 3.63) is 66.0 Å². The first-order chi connectivity index (χ1) is 7.77. The Bertz CT molecular complexity index is 453. The summed E-state index contributed by atoms with van der Waals surface area (Å²) in [6, 6.07) is 17.7. The molecule has 0 atom stereocenters. The van der Waals surface area contributed by atoms with E-state index in [0.717, 1.165) is 5.56 Å². The summed E-state index contributed by atoms with van der Waals surface area (Å²) in [5.41, 5.74) is 1.74. The molecule has 2 aromatic carbocycles. The van der Waals surface area contributed by atoms with Gasteiger partial charge in [0.1, 0.15) is 0 Å². The predicted molar refractivity (Wildman–Crippen MR) is 63.8 cm³/mol. The zero-order valence-electron chi connectivity index (χ0n) is 9.15. The molecule has 2 rings (SSSR count). The van der Waals surface area contributed by atoms with E-state index in [-0.39, 0.29) is 5.82 Å². The van der Waals surface area contributed by atoms with Crippen molar-refractivity contribution < 1.29 is 4.39 Å². The molecule has 0 bridgehead atoms. The minimum absolute atomic E-state index is 0.305. The Hall–Kier alpha value is -1.83. The van der Waals surface area contributed by atoms with E-state index in [1.807, 2.05) is 42.3 Å². The third-order valence-corrected chi connectivity index (χ3v) is 2.46. The fraction of sp³-hybridized carbons (Fsp3) is 0.143. The molecule has 0 aliphatic heterocycles. The first kappa shape index (κ1) is 10.7. The first-order valence-electron chi connectivity index (χ1n) is 5.18. The molecule has 0 fully saturated rings. The fourth-order valence-electron chi connectivity index (χ4n) is 1.64. The number of hydrogen-bond donors (Lipinski definition) is 0. The quantitative estimate of drug-likeness (QED) is 0.758. The van der Waals surface area contributed by atoms with Crippen LogP contribution >= 0.6 is 0 Å². The van der Waals surface area contributed by atoms with Crippen LogP contribution < -0.4 is 4.90 Å². The normalized spacial score (nSPS) is 10.1. The highest BCUT2D eigenvalue weighted by Crippen LogP contribution is 2.18. The molecule has 0 saturated carbocycles. The van der Waals surface area contributed by atoms with E-state index in [1.54, 1.807) is 18.2 Å². The van der Waals surface area contributed by atoms with Gasteiger partial charge >= 0.3 is 0 Å².